The highest BCUT2D eigenvalue weighted by Gasteiger charge is 2.40. The molecule has 0 saturated carbocycles. The number of aromatic nitrogens is 2. The number of rotatable bonds is 5. The Labute approximate surface area is 161 Å². The van der Waals surface area contributed by atoms with Gasteiger partial charge in [-0.2, -0.15) is 0 Å². The van der Waals surface area contributed by atoms with E-state index in [-0.39, 0.29) is 5.75 Å². The van der Waals surface area contributed by atoms with E-state index in [1.54, 1.807) is 13.8 Å². The predicted molar refractivity (Wildman–Crippen MR) is 110 cm³/mol. The lowest BCUT2D eigenvalue weighted by Gasteiger charge is -2.39. The molecule has 1 aromatic heterocycles. The van der Waals surface area contributed by atoms with Gasteiger partial charge < -0.3 is 15.2 Å². The molecule has 27 heavy (non-hydrogen) atoms. The summed E-state index contributed by atoms with van der Waals surface area (Å²) in [5, 5.41) is 3.30. The molecule has 8 heteroatoms. The van der Waals surface area contributed by atoms with Gasteiger partial charge in [0.05, 0.1) is 21.5 Å². The Bertz CT molecular complexity index is 884. The van der Waals surface area contributed by atoms with Crippen LogP contribution in [-0.2, 0) is 16.3 Å². The van der Waals surface area contributed by atoms with Gasteiger partial charge in [0.15, 0.2) is 15.8 Å². The quantitative estimate of drug-likeness (QED) is 0.462. The first-order valence-corrected chi connectivity index (χ1v) is 11.2. The smallest absolute Gasteiger partial charge is 0.193 e. The van der Waals surface area contributed by atoms with Gasteiger partial charge in [-0.1, -0.05) is 12.1 Å². The molecule has 0 radical (unpaired) electrons. The first-order valence-electron chi connectivity index (χ1n) is 9.51. The number of aliphatic imine (C=N–C) groups is 1. The Kier molecular flexibility index (Phi) is 5.74. The molecule has 0 amide bonds. The highest BCUT2D eigenvalue weighted by molar-refractivity contribution is 7.92. The van der Waals surface area contributed by atoms with Gasteiger partial charge in [-0.05, 0) is 39.3 Å². The average Bonchev–Trinajstić information content (AvgIpc) is 3.03. The minimum absolute atomic E-state index is 0.170. The average molecular weight is 392 g/mol. The number of sulfone groups is 1. The fourth-order valence-corrected chi connectivity index (χ4v) is 4.67. The van der Waals surface area contributed by atoms with E-state index in [2.05, 4.69) is 20.2 Å². The summed E-state index contributed by atoms with van der Waals surface area (Å²) in [7, 11) is -3.05. The minimum atomic E-state index is -3.05. The van der Waals surface area contributed by atoms with Gasteiger partial charge in [-0.3, -0.25) is 4.99 Å². The van der Waals surface area contributed by atoms with E-state index in [0.717, 1.165) is 42.2 Å². The highest BCUT2D eigenvalue weighted by atomic mass is 32.2. The van der Waals surface area contributed by atoms with E-state index in [1.807, 2.05) is 31.2 Å². The van der Waals surface area contributed by atoms with Crippen molar-refractivity contribution in [3.8, 4) is 0 Å². The number of para-hydroxylation sites is 2. The topological polar surface area (TPSA) is 90.4 Å². The molecule has 1 saturated heterocycles. The second kappa shape index (κ2) is 7.88. The van der Waals surface area contributed by atoms with Crippen molar-refractivity contribution in [3.63, 3.8) is 0 Å². The fraction of sp³-hybridized carbons (Fsp3) is 0.579. The second-order valence-corrected chi connectivity index (χ2v) is 10.3. The Hall–Kier alpha value is -2.09. The standard InChI is InChI=1S/C19H29N5O2S/c1-4-20-18(24-12-13-27(25,26)19(2,3)14-24)21-11-7-10-17-22-15-8-5-6-9-16(15)23-17/h5-6,8-9H,4,7,10-14H2,1-3H3,(H,20,21)(H,22,23). The summed E-state index contributed by atoms with van der Waals surface area (Å²) in [5.74, 6) is 1.94. The molecule has 1 aromatic carbocycles. The van der Waals surface area contributed by atoms with Crippen LogP contribution in [0.2, 0.25) is 0 Å². The third-order valence-electron chi connectivity index (χ3n) is 4.95. The molecule has 148 valence electrons. The van der Waals surface area contributed by atoms with Crippen LogP contribution in [0.3, 0.4) is 0 Å². The van der Waals surface area contributed by atoms with Crippen molar-refractivity contribution in [2.24, 2.45) is 4.99 Å². The van der Waals surface area contributed by atoms with E-state index in [4.69, 9.17) is 4.99 Å². The molecule has 0 atom stereocenters. The van der Waals surface area contributed by atoms with E-state index in [0.29, 0.717) is 19.6 Å². The number of nitrogens with one attached hydrogen (secondary N) is 2. The van der Waals surface area contributed by atoms with Crippen LogP contribution in [0.4, 0.5) is 0 Å². The van der Waals surface area contributed by atoms with Gasteiger partial charge in [-0.15, -0.1) is 0 Å². The van der Waals surface area contributed by atoms with Crippen molar-refractivity contribution < 1.29 is 8.42 Å². The number of nitrogens with zero attached hydrogens (tertiary/aromatic N) is 3. The molecule has 1 aliphatic rings. The molecule has 1 fully saturated rings. The number of fused-ring (bicyclic) bond motifs is 1. The molecular weight excluding hydrogens is 362 g/mol. The molecule has 0 aliphatic carbocycles. The van der Waals surface area contributed by atoms with Crippen LogP contribution < -0.4 is 5.32 Å². The molecule has 0 bridgehead atoms. The Balaban J connectivity index is 1.60. The normalized spacial score (nSPS) is 19.4. The maximum atomic E-state index is 12.2. The largest absolute Gasteiger partial charge is 0.357 e. The zero-order valence-electron chi connectivity index (χ0n) is 16.3. The van der Waals surface area contributed by atoms with Gasteiger partial charge in [0.25, 0.3) is 0 Å². The van der Waals surface area contributed by atoms with Gasteiger partial charge >= 0.3 is 0 Å². The second-order valence-electron chi connectivity index (χ2n) is 7.54. The third-order valence-corrected chi connectivity index (χ3v) is 7.48. The molecule has 3 rings (SSSR count). The molecule has 1 aliphatic heterocycles. The number of H-pyrrole nitrogens is 1. The maximum absolute atomic E-state index is 12.2. The molecule has 2 heterocycles. The molecule has 2 aromatic rings. The van der Waals surface area contributed by atoms with E-state index >= 15 is 0 Å². The van der Waals surface area contributed by atoms with Gasteiger partial charge in [0.2, 0.25) is 0 Å². The van der Waals surface area contributed by atoms with Crippen LogP contribution in [0.1, 0.15) is 33.0 Å². The van der Waals surface area contributed by atoms with Crippen LogP contribution in [-0.4, -0.2) is 65.9 Å². The number of aromatic amines is 1. The van der Waals surface area contributed by atoms with Crippen molar-refractivity contribution in [2.75, 3.05) is 31.9 Å². The van der Waals surface area contributed by atoms with Crippen molar-refractivity contribution in [1.82, 2.24) is 20.2 Å². The molecule has 0 unspecified atom stereocenters. The fourth-order valence-electron chi connectivity index (χ4n) is 3.31. The van der Waals surface area contributed by atoms with Crippen molar-refractivity contribution >= 4 is 26.8 Å². The van der Waals surface area contributed by atoms with E-state index in [9.17, 15) is 8.42 Å². The summed E-state index contributed by atoms with van der Waals surface area (Å²) in [6, 6.07) is 8.01. The summed E-state index contributed by atoms with van der Waals surface area (Å²) in [6.45, 7) is 7.98. The van der Waals surface area contributed by atoms with Crippen LogP contribution in [0.15, 0.2) is 29.3 Å². The number of imidazole rings is 1. The number of aryl methyl sites for hydroxylation is 1. The first-order chi connectivity index (χ1) is 12.8. The Morgan fingerprint density at radius 3 is 2.85 bits per heavy atom. The zero-order valence-corrected chi connectivity index (χ0v) is 17.1. The van der Waals surface area contributed by atoms with Gasteiger partial charge in [0.1, 0.15) is 5.82 Å². The van der Waals surface area contributed by atoms with Crippen LogP contribution >= 0.6 is 0 Å². The Morgan fingerprint density at radius 2 is 2.15 bits per heavy atom. The van der Waals surface area contributed by atoms with Crippen LogP contribution in [0, 0.1) is 0 Å². The minimum Gasteiger partial charge on any atom is -0.357 e. The van der Waals surface area contributed by atoms with Crippen LogP contribution in [0.5, 0.6) is 0 Å². The molecule has 0 spiro atoms. The highest BCUT2D eigenvalue weighted by Crippen LogP contribution is 2.23. The van der Waals surface area contributed by atoms with E-state index < -0.39 is 14.6 Å². The number of hydrogen-bond donors (Lipinski definition) is 2. The van der Waals surface area contributed by atoms with Crippen molar-refractivity contribution in [3.05, 3.63) is 30.1 Å². The molecule has 2 N–H and O–H groups in total. The van der Waals surface area contributed by atoms with E-state index in [1.165, 1.54) is 0 Å². The lowest BCUT2D eigenvalue weighted by molar-refractivity contribution is 0.353. The van der Waals surface area contributed by atoms with Gasteiger partial charge in [0, 0.05) is 32.6 Å². The summed E-state index contributed by atoms with van der Waals surface area (Å²) >= 11 is 0. The first kappa shape index (κ1) is 19.7. The lowest BCUT2D eigenvalue weighted by Crippen LogP contribution is -2.57. The summed E-state index contributed by atoms with van der Waals surface area (Å²) in [4.78, 5) is 14.7. The van der Waals surface area contributed by atoms with Crippen LogP contribution in [0.25, 0.3) is 11.0 Å². The Morgan fingerprint density at radius 1 is 1.37 bits per heavy atom. The lowest BCUT2D eigenvalue weighted by atomic mass is 10.2. The van der Waals surface area contributed by atoms with Crippen molar-refractivity contribution in [1.29, 1.82) is 0 Å². The zero-order chi connectivity index (χ0) is 19.5. The number of guanidine groups is 1. The summed E-state index contributed by atoms with van der Waals surface area (Å²) in [6.07, 6.45) is 1.71. The molecule has 7 nitrogen and oxygen atoms in total. The predicted octanol–water partition coefficient (Wildman–Crippen LogP) is 1.97. The molecular formula is C19H29N5O2S. The van der Waals surface area contributed by atoms with Gasteiger partial charge in [-0.25, -0.2) is 13.4 Å². The number of hydrogen-bond acceptors (Lipinski definition) is 4. The number of benzene rings is 1. The van der Waals surface area contributed by atoms with Crippen molar-refractivity contribution in [2.45, 2.75) is 38.4 Å². The third kappa shape index (κ3) is 4.43. The monoisotopic (exact) mass is 391 g/mol. The SMILES string of the molecule is CCNC(=NCCCc1nc2ccccc2[nH]1)N1CCS(=O)(=O)C(C)(C)C1. The summed E-state index contributed by atoms with van der Waals surface area (Å²) in [5.41, 5.74) is 2.04. The summed E-state index contributed by atoms with van der Waals surface area (Å²) < 4.78 is 23.7. The maximum Gasteiger partial charge on any atom is 0.193 e.